The predicted octanol–water partition coefficient (Wildman–Crippen LogP) is 2.20. The molecule has 1 aromatic rings. The summed E-state index contributed by atoms with van der Waals surface area (Å²) >= 11 is 0. The van der Waals surface area contributed by atoms with Gasteiger partial charge < -0.3 is 15.2 Å². The summed E-state index contributed by atoms with van der Waals surface area (Å²) in [6.45, 7) is 6.86. The molecular weight excluding hydrogens is 226 g/mol. The topological polar surface area (TPSA) is 41.5 Å². The zero-order valence-corrected chi connectivity index (χ0v) is 11.4. The molecule has 0 radical (unpaired) electrons. The van der Waals surface area contributed by atoms with E-state index in [1.165, 1.54) is 0 Å². The second kappa shape index (κ2) is 9.09. The average Bonchev–Trinajstić information content (AvgIpc) is 2.39. The molecule has 0 spiro atoms. The van der Waals surface area contributed by atoms with Crippen LogP contribution >= 0.6 is 0 Å². The molecule has 0 saturated heterocycles. The van der Waals surface area contributed by atoms with Crippen molar-refractivity contribution in [3.8, 4) is 0 Å². The van der Waals surface area contributed by atoms with Crippen molar-refractivity contribution in [1.82, 2.24) is 5.32 Å². The number of nitrogens with one attached hydrogen (secondary N) is 1. The Morgan fingerprint density at radius 3 is 2.61 bits per heavy atom. The number of ether oxygens (including phenoxy) is 1. The maximum atomic E-state index is 9.73. The molecule has 18 heavy (non-hydrogen) atoms. The van der Waals surface area contributed by atoms with Crippen LogP contribution in [-0.4, -0.2) is 30.9 Å². The van der Waals surface area contributed by atoms with Crippen molar-refractivity contribution in [3.63, 3.8) is 0 Å². The third kappa shape index (κ3) is 6.74. The molecular formula is C15H25NO2. The Labute approximate surface area is 110 Å². The molecule has 1 rings (SSSR count). The van der Waals surface area contributed by atoms with Gasteiger partial charge in [0.05, 0.1) is 19.3 Å². The SMILES string of the molecule is CCC(C)CNCC(O)COCc1ccccc1. The lowest BCUT2D eigenvalue weighted by Crippen LogP contribution is -2.32. The summed E-state index contributed by atoms with van der Waals surface area (Å²) in [6, 6.07) is 10.0. The molecule has 0 saturated carbocycles. The highest BCUT2D eigenvalue weighted by atomic mass is 16.5. The number of benzene rings is 1. The van der Waals surface area contributed by atoms with Crippen LogP contribution in [0.4, 0.5) is 0 Å². The first-order valence-electron chi connectivity index (χ1n) is 6.72. The summed E-state index contributed by atoms with van der Waals surface area (Å²) in [4.78, 5) is 0. The highest BCUT2D eigenvalue weighted by Gasteiger charge is 2.05. The molecule has 1 aromatic carbocycles. The molecule has 0 heterocycles. The van der Waals surface area contributed by atoms with E-state index in [1.54, 1.807) is 0 Å². The number of aliphatic hydroxyl groups is 1. The lowest BCUT2D eigenvalue weighted by atomic mass is 10.1. The zero-order valence-electron chi connectivity index (χ0n) is 11.4. The average molecular weight is 251 g/mol. The Bertz CT molecular complexity index is 303. The van der Waals surface area contributed by atoms with Crippen molar-refractivity contribution < 1.29 is 9.84 Å². The van der Waals surface area contributed by atoms with Gasteiger partial charge in [0, 0.05) is 6.54 Å². The van der Waals surface area contributed by atoms with Crippen LogP contribution in [0.25, 0.3) is 0 Å². The molecule has 0 aliphatic rings. The number of aliphatic hydroxyl groups excluding tert-OH is 1. The highest BCUT2D eigenvalue weighted by molar-refractivity contribution is 5.13. The first kappa shape index (κ1) is 15.2. The lowest BCUT2D eigenvalue weighted by Gasteiger charge is -2.14. The van der Waals surface area contributed by atoms with Gasteiger partial charge in [0.15, 0.2) is 0 Å². The fourth-order valence-corrected chi connectivity index (χ4v) is 1.59. The van der Waals surface area contributed by atoms with Gasteiger partial charge >= 0.3 is 0 Å². The molecule has 2 N–H and O–H groups in total. The van der Waals surface area contributed by atoms with Gasteiger partial charge in [0.25, 0.3) is 0 Å². The van der Waals surface area contributed by atoms with Crippen LogP contribution in [0, 0.1) is 5.92 Å². The molecule has 2 atom stereocenters. The minimum Gasteiger partial charge on any atom is -0.389 e. The van der Waals surface area contributed by atoms with Crippen molar-refractivity contribution in [3.05, 3.63) is 35.9 Å². The van der Waals surface area contributed by atoms with Crippen molar-refractivity contribution >= 4 is 0 Å². The van der Waals surface area contributed by atoms with Crippen molar-refractivity contribution in [2.75, 3.05) is 19.7 Å². The smallest absolute Gasteiger partial charge is 0.0897 e. The molecule has 0 aliphatic heterocycles. The molecule has 102 valence electrons. The van der Waals surface area contributed by atoms with Crippen LogP contribution in [0.2, 0.25) is 0 Å². The number of rotatable bonds is 9. The highest BCUT2D eigenvalue weighted by Crippen LogP contribution is 2.01. The molecule has 3 nitrogen and oxygen atoms in total. The van der Waals surface area contributed by atoms with Gasteiger partial charge in [0.2, 0.25) is 0 Å². The van der Waals surface area contributed by atoms with Crippen LogP contribution in [0.5, 0.6) is 0 Å². The molecule has 0 amide bonds. The van der Waals surface area contributed by atoms with Crippen LogP contribution in [-0.2, 0) is 11.3 Å². The van der Waals surface area contributed by atoms with E-state index in [1.807, 2.05) is 30.3 Å². The van der Waals surface area contributed by atoms with E-state index in [0.29, 0.717) is 25.7 Å². The molecule has 0 bridgehead atoms. The van der Waals surface area contributed by atoms with Crippen molar-refractivity contribution in [2.45, 2.75) is 33.0 Å². The molecule has 2 unspecified atom stereocenters. The van der Waals surface area contributed by atoms with Gasteiger partial charge in [-0.1, -0.05) is 50.6 Å². The van der Waals surface area contributed by atoms with Gasteiger partial charge in [-0.05, 0) is 18.0 Å². The summed E-state index contributed by atoms with van der Waals surface area (Å²) in [5.74, 6) is 0.655. The third-order valence-corrected chi connectivity index (χ3v) is 2.99. The van der Waals surface area contributed by atoms with E-state index in [2.05, 4.69) is 19.2 Å². The molecule has 0 aliphatic carbocycles. The van der Waals surface area contributed by atoms with Gasteiger partial charge in [-0.3, -0.25) is 0 Å². The third-order valence-electron chi connectivity index (χ3n) is 2.99. The summed E-state index contributed by atoms with van der Waals surface area (Å²) < 4.78 is 5.48. The quantitative estimate of drug-likeness (QED) is 0.707. The van der Waals surface area contributed by atoms with Crippen LogP contribution in [0.1, 0.15) is 25.8 Å². The summed E-state index contributed by atoms with van der Waals surface area (Å²) in [7, 11) is 0. The Hall–Kier alpha value is -0.900. The molecule has 0 fully saturated rings. The number of hydrogen-bond donors (Lipinski definition) is 2. The minimum absolute atomic E-state index is 0.377. The second-order valence-corrected chi connectivity index (χ2v) is 4.83. The predicted molar refractivity (Wildman–Crippen MR) is 74.4 cm³/mol. The van der Waals surface area contributed by atoms with Gasteiger partial charge in [0.1, 0.15) is 0 Å². The zero-order chi connectivity index (χ0) is 13.2. The second-order valence-electron chi connectivity index (χ2n) is 4.83. The maximum absolute atomic E-state index is 9.73. The first-order chi connectivity index (χ1) is 8.72. The van der Waals surface area contributed by atoms with Crippen LogP contribution in [0.3, 0.4) is 0 Å². The number of hydrogen-bond acceptors (Lipinski definition) is 3. The fraction of sp³-hybridized carbons (Fsp3) is 0.600. The van der Waals surface area contributed by atoms with Crippen LogP contribution < -0.4 is 5.32 Å². The standard InChI is InChI=1S/C15H25NO2/c1-3-13(2)9-16-10-15(17)12-18-11-14-7-5-4-6-8-14/h4-8,13,15-17H,3,9-12H2,1-2H3. The lowest BCUT2D eigenvalue weighted by molar-refractivity contribution is 0.0286. The van der Waals surface area contributed by atoms with E-state index in [0.717, 1.165) is 18.5 Å². The summed E-state index contributed by atoms with van der Waals surface area (Å²) in [5, 5.41) is 13.0. The van der Waals surface area contributed by atoms with E-state index < -0.39 is 6.10 Å². The largest absolute Gasteiger partial charge is 0.389 e. The normalized spacial score (nSPS) is 14.4. The Morgan fingerprint density at radius 2 is 1.94 bits per heavy atom. The van der Waals surface area contributed by atoms with E-state index in [9.17, 15) is 5.11 Å². The maximum Gasteiger partial charge on any atom is 0.0897 e. The molecule has 3 heteroatoms. The van der Waals surface area contributed by atoms with Crippen LogP contribution in [0.15, 0.2) is 30.3 Å². The minimum atomic E-state index is -0.433. The van der Waals surface area contributed by atoms with E-state index in [4.69, 9.17) is 4.74 Å². The van der Waals surface area contributed by atoms with Gasteiger partial charge in [-0.25, -0.2) is 0 Å². The Morgan fingerprint density at radius 1 is 1.22 bits per heavy atom. The monoisotopic (exact) mass is 251 g/mol. The Kier molecular flexibility index (Phi) is 7.65. The van der Waals surface area contributed by atoms with E-state index in [-0.39, 0.29) is 0 Å². The van der Waals surface area contributed by atoms with Gasteiger partial charge in [-0.2, -0.15) is 0 Å². The summed E-state index contributed by atoms with van der Waals surface area (Å²) in [6.07, 6.45) is 0.728. The molecule has 0 aromatic heterocycles. The Balaban J connectivity index is 2.05. The van der Waals surface area contributed by atoms with Gasteiger partial charge in [-0.15, -0.1) is 0 Å². The fourth-order valence-electron chi connectivity index (χ4n) is 1.59. The van der Waals surface area contributed by atoms with Crippen molar-refractivity contribution in [1.29, 1.82) is 0 Å². The van der Waals surface area contributed by atoms with E-state index >= 15 is 0 Å². The first-order valence-corrected chi connectivity index (χ1v) is 6.72. The van der Waals surface area contributed by atoms with Crippen molar-refractivity contribution in [2.24, 2.45) is 5.92 Å². The summed E-state index contributed by atoms with van der Waals surface area (Å²) in [5.41, 5.74) is 1.14.